The first kappa shape index (κ1) is 19.8. The summed E-state index contributed by atoms with van der Waals surface area (Å²) < 4.78 is 5.25. The van der Waals surface area contributed by atoms with E-state index in [2.05, 4.69) is 10.3 Å². The Morgan fingerprint density at radius 2 is 1.80 bits per heavy atom. The lowest BCUT2D eigenvalue weighted by molar-refractivity contribution is -0.115. The number of hydrogen-bond donors (Lipinski definition) is 1. The van der Waals surface area contributed by atoms with Crippen molar-refractivity contribution in [1.82, 2.24) is 9.97 Å². The zero-order valence-electron chi connectivity index (χ0n) is 16.8. The van der Waals surface area contributed by atoms with E-state index in [1.165, 1.54) is 0 Å². The van der Waals surface area contributed by atoms with Gasteiger partial charge in [-0.15, -0.1) is 11.3 Å². The summed E-state index contributed by atoms with van der Waals surface area (Å²) >= 11 is 1.62. The van der Waals surface area contributed by atoms with Gasteiger partial charge in [0, 0.05) is 11.8 Å². The Balaban J connectivity index is 1.59. The number of aryl methyl sites for hydroxylation is 1. The number of amides is 1. The van der Waals surface area contributed by atoms with Gasteiger partial charge in [0.25, 0.3) is 0 Å². The molecule has 0 saturated heterocycles. The summed E-state index contributed by atoms with van der Waals surface area (Å²) in [4.78, 5) is 22.5. The SMILES string of the molecule is COc1ccc(-c2nc(C)sc2-c2ccnc(NC(=O)Cc3ccccc3)c2)cc1. The summed E-state index contributed by atoms with van der Waals surface area (Å²) in [6.45, 7) is 1.99. The van der Waals surface area contributed by atoms with Gasteiger partial charge in [-0.2, -0.15) is 0 Å². The average molecular weight is 416 g/mol. The predicted molar refractivity (Wildman–Crippen MR) is 121 cm³/mol. The lowest BCUT2D eigenvalue weighted by Gasteiger charge is -2.08. The van der Waals surface area contributed by atoms with Gasteiger partial charge in [-0.05, 0) is 54.4 Å². The Labute approximate surface area is 179 Å². The van der Waals surface area contributed by atoms with E-state index in [-0.39, 0.29) is 5.91 Å². The zero-order valence-corrected chi connectivity index (χ0v) is 17.6. The van der Waals surface area contributed by atoms with Crippen LogP contribution >= 0.6 is 11.3 Å². The molecule has 4 rings (SSSR count). The van der Waals surface area contributed by atoms with Crippen molar-refractivity contribution in [1.29, 1.82) is 0 Å². The van der Waals surface area contributed by atoms with Crippen LogP contribution in [0, 0.1) is 6.92 Å². The highest BCUT2D eigenvalue weighted by Gasteiger charge is 2.15. The number of carbonyl (C=O) groups is 1. The Morgan fingerprint density at radius 3 is 2.53 bits per heavy atom. The van der Waals surface area contributed by atoms with E-state index in [0.717, 1.165) is 38.0 Å². The van der Waals surface area contributed by atoms with Gasteiger partial charge in [-0.1, -0.05) is 30.3 Å². The first-order valence-electron chi connectivity index (χ1n) is 9.54. The van der Waals surface area contributed by atoms with E-state index in [4.69, 9.17) is 9.72 Å². The molecule has 2 aromatic heterocycles. The molecular weight excluding hydrogens is 394 g/mol. The van der Waals surface area contributed by atoms with Crippen molar-refractivity contribution < 1.29 is 9.53 Å². The number of anilines is 1. The van der Waals surface area contributed by atoms with E-state index in [1.54, 1.807) is 24.6 Å². The van der Waals surface area contributed by atoms with Crippen molar-refractivity contribution in [2.75, 3.05) is 12.4 Å². The number of methoxy groups -OCH3 is 1. The number of rotatable bonds is 6. The number of pyridine rings is 1. The number of benzene rings is 2. The number of thiazole rings is 1. The maximum Gasteiger partial charge on any atom is 0.229 e. The van der Waals surface area contributed by atoms with Crippen molar-refractivity contribution in [2.24, 2.45) is 0 Å². The molecule has 2 aromatic carbocycles. The molecule has 0 bridgehead atoms. The summed E-state index contributed by atoms with van der Waals surface area (Å²) in [6.07, 6.45) is 2.02. The molecule has 2 heterocycles. The van der Waals surface area contributed by atoms with Crippen LogP contribution in [0.25, 0.3) is 21.7 Å². The lowest BCUT2D eigenvalue weighted by Crippen LogP contribution is -2.15. The quantitative estimate of drug-likeness (QED) is 0.460. The van der Waals surface area contributed by atoms with Crippen LogP contribution in [0.3, 0.4) is 0 Å². The molecular formula is C24H21N3O2S. The second-order valence-corrected chi connectivity index (χ2v) is 7.98. The minimum atomic E-state index is -0.0956. The summed E-state index contributed by atoms with van der Waals surface area (Å²) in [5, 5.41) is 3.87. The third-order valence-corrected chi connectivity index (χ3v) is 5.61. The highest BCUT2D eigenvalue weighted by Crippen LogP contribution is 2.37. The summed E-state index contributed by atoms with van der Waals surface area (Å²) in [5.41, 5.74) is 3.86. The molecule has 0 saturated carbocycles. The summed E-state index contributed by atoms with van der Waals surface area (Å²) in [5.74, 6) is 1.24. The topological polar surface area (TPSA) is 64.1 Å². The molecule has 4 aromatic rings. The largest absolute Gasteiger partial charge is 0.497 e. The third kappa shape index (κ3) is 4.55. The maximum absolute atomic E-state index is 12.4. The van der Waals surface area contributed by atoms with Gasteiger partial charge in [-0.25, -0.2) is 9.97 Å². The Kier molecular flexibility index (Phi) is 5.86. The molecule has 1 amide bonds. The molecule has 30 heavy (non-hydrogen) atoms. The third-order valence-electron chi connectivity index (χ3n) is 4.59. The van der Waals surface area contributed by atoms with Crippen LogP contribution < -0.4 is 10.1 Å². The number of aromatic nitrogens is 2. The van der Waals surface area contributed by atoms with Crippen molar-refractivity contribution in [3.8, 4) is 27.4 Å². The second kappa shape index (κ2) is 8.88. The fraction of sp³-hybridized carbons (Fsp3) is 0.125. The summed E-state index contributed by atoms with van der Waals surface area (Å²) in [7, 11) is 1.65. The molecule has 0 aliphatic carbocycles. The van der Waals surface area contributed by atoms with Crippen LogP contribution in [0.4, 0.5) is 5.82 Å². The lowest BCUT2D eigenvalue weighted by atomic mass is 10.1. The van der Waals surface area contributed by atoms with Gasteiger partial charge in [0.2, 0.25) is 5.91 Å². The second-order valence-electron chi connectivity index (χ2n) is 6.78. The number of hydrogen-bond acceptors (Lipinski definition) is 5. The number of carbonyl (C=O) groups excluding carboxylic acids is 1. The van der Waals surface area contributed by atoms with Crippen molar-refractivity contribution in [3.63, 3.8) is 0 Å². The highest BCUT2D eigenvalue weighted by atomic mass is 32.1. The van der Waals surface area contributed by atoms with Crippen LogP contribution in [0.5, 0.6) is 5.75 Å². The van der Waals surface area contributed by atoms with Gasteiger partial charge in [0.05, 0.1) is 29.1 Å². The van der Waals surface area contributed by atoms with E-state index in [9.17, 15) is 4.79 Å². The fourth-order valence-electron chi connectivity index (χ4n) is 3.18. The Bertz CT molecular complexity index is 1150. The minimum Gasteiger partial charge on any atom is -0.497 e. The molecule has 0 atom stereocenters. The molecule has 150 valence electrons. The fourth-order valence-corrected chi connectivity index (χ4v) is 4.11. The normalized spacial score (nSPS) is 10.6. The molecule has 0 spiro atoms. The molecule has 0 unspecified atom stereocenters. The first-order valence-corrected chi connectivity index (χ1v) is 10.4. The van der Waals surface area contributed by atoms with Crippen LogP contribution in [-0.2, 0) is 11.2 Å². The van der Waals surface area contributed by atoms with E-state index >= 15 is 0 Å². The van der Waals surface area contributed by atoms with Gasteiger partial charge < -0.3 is 10.1 Å². The average Bonchev–Trinajstić information content (AvgIpc) is 3.16. The van der Waals surface area contributed by atoms with E-state index in [1.807, 2.05) is 73.7 Å². The highest BCUT2D eigenvalue weighted by molar-refractivity contribution is 7.15. The van der Waals surface area contributed by atoms with E-state index in [0.29, 0.717) is 12.2 Å². The van der Waals surface area contributed by atoms with Crippen molar-refractivity contribution in [2.45, 2.75) is 13.3 Å². The summed E-state index contributed by atoms with van der Waals surface area (Å²) in [6, 6.07) is 21.3. The van der Waals surface area contributed by atoms with Gasteiger partial charge in [0.1, 0.15) is 11.6 Å². The Hall–Kier alpha value is -3.51. The smallest absolute Gasteiger partial charge is 0.229 e. The molecule has 1 N–H and O–H groups in total. The molecule has 0 aliphatic heterocycles. The monoisotopic (exact) mass is 415 g/mol. The Morgan fingerprint density at radius 1 is 1.03 bits per heavy atom. The van der Waals surface area contributed by atoms with Gasteiger partial charge in [-0.3, -0.25) is 4.79 Å². The van der Waals surface area contributed by atoms with Crippen LogP contribution in [0.1, 0.15) is 10.6 Å². The molecule has 0 fully saturated rings. The standard InChI is InChI=1S/C24H21N3O2S/c1-16-26-23(18-8-10-20(29-2)11-9-18)24(30-16)19-12-13-25-21(15-19)27-22(28)14-17-6-4-3-5-7-17/h3-13,15H,14H2,1-2H3,(H,25,27,28). The zero-order chi connectivity index (χ0) is 20.9. The van der Waals surface area contributed by atoms with Crippen LogP contribution in [0.15, 0.2) is 72.9 Å². The van der Waals surface area contributed by atoms with Crippen LogP contribution in [0.2, 0.25) is 0 Å². The molecule has 0 aliphatic rings. The maximum atomic E-state index is 12.4. The van der Waals surface area contributed by atoms with E-state index < -0.39 is 0 Å². The van der Waals surface area contributed by atoms with Gasteiger partial charge >= 0.3 is 0 Å². The minimum absolute atomic E-state index is 0.0956. The molecule has 5 nitrogen and oxygen atoms in total. The first-order chi connectivity index (χ1) is 14.6. The van der Waals surface area contributed by atoms with Crippen molar-refractivity contribution >= 4 is 23.1 Å². The predicted octanol–water partition coefficient (Wildman–Crippen LogP) is 5.37. The molecule has 6 heteroatoms. The molecule has 0 radical (unpaired) electrons. The number of ether oxygens (including phenoxy) is 1. The van der Waals surface area contributed by atoms with Gasteiger partial charge in [0.15, 0.2) is 0 Å². The number of nitrogens with one attached hydrogen (secondary N) is 1. The van der Waals surface area contributed by atoms with Crippen molar-refractivity contribution in [3.05, 3.63) is 83.5 Å². The number of nitrogens with zero attached hydrogens (tertiary/aromatic N) is 2. The van der Waals surface area contributed by atoms with Crippen LogP contribution in [-0.4, -0.2) is 23.0 Å².